The maximum Gasteiger partial charge on any atom is 0.317 e. The molecule has 2 saturated heterocycles. The second kappa shape index (κ2) is 9.89. The van der Waals surface area contributed by atoms with Gasteiger partial charge >= 0.3 is 12.0 Å². The molecule has 28 heavy (non-hydrogen) atoms. The summed E-state index contributed by atoms with van der Waals surface area (Å²) in [6.07, 6.45) is 2.83. The van der Waals surface area contributed by atoms with Crippen molar-refractivity contribution < 1.29 is 24.2 Å². The number of aliphatic carboxylic acids is 1. The van der Waals surface area contributed by atoms with Gasteiger partial charge in [0.2, 0.25) is 0 Å². The molecule has 2 heterocycles. The van der Waals surface area contributed by atoms with Crippen molar-refractivity contribution in [3.05, 3.63) is 35.9 Å². The highest BCUT2D eigenvalue weighted by atomic mass is 16.5. The molecule has 154 valence electrons. The highest BCUT2D eigenvalue weighted by Gasteiger charge is 2.38. The van der Waals surface area contributed by atoms with E-state index in [9.17, 15) is 9.59 Å². The lowest BCUT2D eigenvalue weighted by atomic mass is 9.80. The van der Waals surface area contributed by atoms with E-state index >= 15 is 0 Å². The molecule has 1 aromatic rings. The number of hydrogen-bond donors (Lipinski definition) is 2. The van der Waals surface area contributed by atoms with Gasteiger partial charge in [0.05, 0.1) is 13.2 Å². The molecule has 2 aliphatic heterocycles. The number of hydrogen-bond acceptors (Lipinski definition) is 4. The fourth-order valence-electron chi connectivity index (χ4n) is 3.96. The van der Waals surface area contributed by atoms with Crippen molar-refractivity contribution in [1.82, 2.24) is 10.2 Å². The summed E-state index contributed by atoms with van der Waals surface area (Å²) in [6, 6.07) is 9.48. The Kier molecular flexibility index (Phi) is 7.28. The van der Waals surface area contributed by atoms with E-state index in [1.54, 1.807) is 0 Å². The molecule has 2 aliphatic rings. The molecule has 2 amide bonds. The third-order valence-corrected chi connectivity index (χ3v) is 5.64. The minimum atomic E-state index is -0.850. The van der Waals surface area contributed by atoms with Crippen LogP contribution in [0.2, 0.25) is 0 Å². The fourth-order valence-corrected chi connectivity index (χ4v) is 3.96. The van der Waals surface area contributed by atoms with Crippen LogP contribution in [0.1, 0.15) is 31.2 Å². The number of carboxylic acids is 1. The van der Waals surface area contributed by atoms with Gasteiger partial charge in [-0.05, 0) is 31.2 Å². The van der Waals surface area contributed by atoms with Crippen molar-refractivity contribution in [2.45, 2.75) is 38.1 Å². The molecule has 2 N–H and O–H groups in total. The third kappa shape index (κ3) is 5.94. The van der Waals surface area contributed by atoms with Gasteiger partial charge in [0.25, 0.3) is 0 Å². The number of nitrogens with one attached hydrogen (secondary N) is 1. The van der Waals surface area contributed by atoms with Crippen LogP contribution in [-0.2, 0) is 20.7 Å². The van der Waals surface area contributed by atoms with Crippen molar-refractivity contribution in [2.75, 3.05) is 39.5 Å². The first-order chi connectivity index (χ1) is 13.6. The Bertz CT molecular complexity index is 645. The van der Waals surface area contributed by atoms with E-state index in [4.69, 9.17) is 14.6 Å². The van der Waals surface area contributed by atoms with E-state index in [-0.39, 0.29) is 23.9 Å². The summed E-state index contributed by atoms with van der Waals surface area (Å²) in [4.78, 5) is 25.9. The molecule has 2 fully saturated rings. The lowest BCUT2D eigenvalue weighted by Crippen LogP contribution is -2.50. The van der Waals surface area contributed by atoms with E-state index in [2.05, 4.69) is 5.32 Å². The van der Waals surface area contributed by atoms with Crippen molar-refractivity contribution >= 4 is 12.0 Å². The van der Waals surface area contributed by atoms with Crippen molar-refractivity contribution in [3.63, 3.8) is 0 Å². The molecule has 1 spiro atoms. The predicted molar refractivity (Wildman–Crippen MR) is 104 cm³/mol. The summed E-state index contributed by atoms with van der Waals surface area (Å²) < 4.78 is 11.3. The summed E-state index contributed by atoms with van der Waals surface area (Å²) in [5.41, 5.74) is 1.04. The first-order valence-corrected chi connectivity index (χ1v) is 10.0. The zero-order valence-corrected chi connectivity index (χ0v) is 16.3. The molecule has 3 rings (SSSR count). The number of rotatable bonds is 6. The maximum atomic E-state index is 13.0. The Morgan fingerprint density at radius 2 is 1.89 bits per heavy atom. The molecule has 1 aromatic carbocycles. The van der Waals surface area contributed by atoms with E-state index in [0.717, 1.165) is 18.4 Å². The van der Waals surface area contributed by atoms with Crippen LogP contribution in [0.15, 0.2) is 30.3 Å². The zero-order valence-electron chi connectivity index (χ0n) is 16.3. The minimum Gasteiger partial charge on any atom is -0.481 e. The molecule has 0 radical (unpaired) electrons. The number of carboxylic acid groups (broad SMARTS) is 1. The summed E-state index contributed by atoms with van der Waals surface area (Å²) in [7, 11) is 0. The molecule has 1 atom stereocenters. The van der Waals surface area contributed by atoms with Crippen LogP contribution >= 0.6 is 0 Å². The summed E-state index contributed by atoms with van der Waals surface area (Å²) in [6.45, 7) is 3.79. The molecule has 1 unspecified atom stereocenters. The van der Waals surface area contributed by atoms with Gasteiger partial charge in [-0.25, -0.2) is 4.79 Å². The molecule has 0 saturated carbocycles. The molecule has 7 heteroatoms. The molecule has 0 bridgehead atoms. The summed E-state index contributed by atoms with van der Waals surface area (Å²) >= 11 is 0. The van der Waals surface area contributed by atoms with Crippen LogP contribution in [0, 0.1) is 5.41 Å². The standard InChI is InChI=1S/C21H30N2O5/c24-19(25)7-6-18(14-17-4-2-1-3-5-17)22-20(26)23-10-13-28-16-21(15-23)8-11-27-12-9-21/h1-5,18H,6-16H2,(H,22,26)(H,24,25). The average molecular weight is 390 g/mol. The SMILES string of the molecule is O=C(O)CCC(Cc1ccccc1)NC(=O)N1CCOCC2(CCOCC2)C1. The third-order valence-electron chi connectivity index (χ3n) is 5.64. The zero-order chi connectivity index (χ0) is 19.8. The lowest BCUT2D eigenvalue weighted by Gasteiger charge is -2.38. The number of ether oxygens (including phenoxy) is 2. The molecule has 0 aromatic heterocycles. The normalized spacial score (nSPS) is 20.4. The summed E-state index contributed by atoms with van der Waals surface area (Å²) in [5.74, 6) is -0.850. The number of carbonyl (C=O) groups excluding carboxylic acids is 1. The smallest absolute Gasteiger partial charge is 0.317 e. The predicted octanol–water partition coefficient (Wildman–Crippen LogP) is 2.30. The van der Waals surface area contributed by atoms with E-state index in [1.807, 2.05) is 35.2 Å². The highest BCUT2D eigenvalue weighted by Crippen LogP contribution is 2.33. The van der Waals surface area contributed by atoms with Gasteiger partial charge in [-0.2, -0.15) is 0 Å². The van der Waals surface area contributed by atoms with Crippen molar-refractivity contribution in [2.24, 2.45) is 5.41 Å². The van der Waals surface area contributed by atoms with Gasteiger partial charge in [-0.1, -0.05) is 30.3 Å². The lowest BCUT2D eigenvalue weighted by molar-refractivity contribution is -0.137. The number of nitrogens with zero attached hydrogens (tertiary/aromatic N) is 1. The van der Waals surface area contributed by atoms with E-state index in [0.29, 0.717) is 52.4 Å². The monoisotopic (exact) mass is 390 g/mol. The average Bonchev–Trinajstić information content (AvgIpc) is 2.90. The quantitative estimate of drug-likeness (QED) is 0.778. The maximum absolute atomic E-state index is 13.0. The van der Waals surface area contributed by atoms with E-state index < -0.39 is 5.97 Å². The first-order valence-electron chi connectivity index (χ1n) is 10.0. The van der Waals surface area contributed by atoms with Gasteiger partial charge in [0.15, 0.2) is 0 Å². The Morgan fingerprint density at radius 3 is 2.61 bits per heavy atom. The van der Waals surface area contributed by atoms with Gasteiger partial charge < -0.3 is 24.8 Å². The molecular weight excluding hydrogens is 360 g/mol. The van der Waals surface area contributed by atoms with Gasteiger partial charge in [-0.15, -0.1) is 0 Å². The van der Waals surface area contributed by atoms with Crippen LogP contribution < -0.4 is 5.32 Å². The van der Waals surface area contributed by atoms with Crippen LogP contribution in [-0.4, -0.2) is 67.6 Å². The largest absolute Gasteiger partial charge is 0.481 e. The Balaban J connectivity index is 1.64. The number of carbonyl (C=O) groups is 2. The van der Waals surface area contributed by atoms with Gasteiger partial charge in [-0.3, -0.25) is 4.79 Å². The van der Waals surface area contributed by atoms with Crippen LogP contribution in [0.4, 0.5) is 4.79 Å². The Morgan fingerprint density at radius 1 is 1.14 bits per heavy atom. The number of benzene rings is 1. The molecular formula is C21H30N2O5. The highest BCUT2D eigenvalue weighted by molar-refractivity contribution is 5.75. The fraction of sp³-hybridized carbons (Fsp3) is 0.619. The molecule has 0 aliphatic carbocycles. The second-order valence-electron chi connectivity index (χ2n) is 7.86. The van der Waals surface area contributed by atoms with Crippen LogP contribution in [0.3, 0.4) is 0 Å². The Hall–Kier alpha value is -2.12. The van der Waals surface area contributed by atoms with E-state index in [1.165, 1.54) is 0 Å². The summed E-state index contributed by atoms with van der Waals surface area (Å²) in [5, 5.41) is 12.1. The van der Waals surface area contributed by atoms with Crippen molar-refractivity contribution in [1.29, 1.82) is 0 Å². The minimum absolute atomic E-state index is 0.0299. The van der Waals surface area contributed by atoms with Crippen LogP contribution in [0.5, 0.6) is 0 Å². The van der Waals surface area contributed by atoms with Crippen LogP contribution in [0.25, 0.3) is 0 Å². The van der Waals surface area contributed by atoms with Gasteiger partial charge in [0, 0.05) is 44.2 Å². The second-order valence-corrected chi connectivity index (χ2v) is 7.86. The Labute approximate surface area is 166 Å². The topological polar surface area (TPSA) is 88.1 Å². The molecule has 7 nitrogen and oxygen atoms in total. The van der Waals surface area contributed by atoms with Gasteiger partial charge in [0.1, 0.15) is 0 Å². The number of amides is 2. The van der Waals surface area contributed by atoms with Crippen molar-refractivity contribution in [3.8, 4) is 0 Å². The number of urea groups is 1. The first kappa shape index (κ1) is 20.6.